The van der Waals surface area contributed by atoms with Crippen molar-refractivity contribution in [2.45, 2.75) is 6.42 Å². The Hall–Kier alpha value is -1.75. The molecule has 0 spiro atoms. The number of hydrogen-bond acceptors (Lipinski definition) is 5. The van der Waals surface area contributed by atoms with Gasteiger partial charge in [-0.05, 0) is 36.4 Å². The van der Waals surface area contributed by atoms with E-state index in [9.17, 15) is 9.59 Å². The smallest absolute Gasteiger partial charge is 0.338 e. The predicted octanol–water partition coefficient (Wildman–Crippen LogP) is 2.51. The Morgan fingerprint density at radius 2 is 1.63 bits per heavy atom. The molecule has 0 atom stereocenters. The lowest BCUT2D eigenvalue weighted by Crippen LogP contribution is -2.08. The summed E-state index contributed by atoms with van der Waals surface area (Å²) >= 11 is 4.02. The Balaban J connectivity index is 2.57. The van der Waals surface area contributed by atoms with Crippen LogP contribution < -0.4 is 0 Å². The second-order valence-corrected chi connectivity index (χ2v) is 4.12. The molecular weight excluding hydrogens is 264 g/mol. The van der Waals surface area contributed by atoms with Crippen LogP contribution in [0.3, 0.4) is 0 Å². The summed E-state index contributed by atoms with van der Waals surface area (Å²) in [6, 6.07) is 6.13. The molecule has 4 nitrogen and oxygen atoms in total. The molecule has 0 radical (unpaired) electrons. The van der Waals surface area contributed by atoms with Crippen LogP contribution >= 0.6 is 12.6 Å². The lowest BCUT2D eigenvalue weighted by atomic mass is 10.1. The van der Waals surface area contributed by atoms with E-state index in [1.807, 2.05) is 0 Å². The van der Waals surface area contributed by atoms with E-state index in [1.54, 1.807) is 0 Å². The number of thiol groups is 1. The fraction of sp³-hybridized carbons (Fsp3) is 0.286. The average molecular weight is 280 g/mol. The first-order valence-electron chi connectivity index (χ1n) is 5.85. The number of esters is 2. The van der Waals surface area contributed by atoms with E-state index in [1.165, 1.54) is 30.3 Å². The van der Waals surface area contributed by atoms with Gasteiger partial charge in [-0.2, -0.15) is 12.6 Å². The third kappa shape index (κ3) is 5.18. The van der Waals surface area contributed by atoms with Crippen LogP contribution in [-0.4, -0.2) is 30.9 Å². The van der Waals surface area contributed by atoms with Crippen molar-refractivity contribution in [1.29, 1.82) is 0 Å². The number of carbonyl (C=O) groups is 2. The van der Waals surface area contributed by atoms with Gasteiger partial charge < -0.3 is 9.47 Å². The Labute approximate surface area is 117 Å². The second-order valence-electron chi connectivity index (χ2n) is 3.68. The van der Waals surface area contributed by atoms with E-state index >= 15 is 0 Å². The van der Waals surface area contributed by atoms with Crippen LogP contribution in [0.1, 0.15) is 27.1 Å². The molecule has 1 aromatic rings. The van der Waals surface area contributed by atoms with Crippen LogP contribution in [0.15, 0.2) is 36.9 Å². The number of benzene rings is 1. The minimum atomic E-state index is -0.449. The Bertz CT molecular complexity index is 439. The molecule has 1 aromatic carbocycles. The highest BCUT2D eigenvalue weighted by molar-refractivity contribution is 7.80. The molecule has 5 heteroatoms. The van der Waals surface area contributed by atoms with E-state index in [0.29, 0.717) is 29.9 Å². The van der Waals surface area contributed by atoms with Gasteiger partial charge in [0.2, 0.25) is 0 Å². The lowest BCUT2D eigenvalue weighted by molar-refractivity contribution is 0.0502. The minimum Gasteiger partial charge on any atom is -0.462 e. The van der Waals surface area contributed by atoms with Crippen molar-refractivity contribution in [3.63, 3.8) is 0 Å². The SMILES string of the molecule is C=CCOC(=O)c1ccc(C(=O)OCCCS)cc1. The van der Waals surface area contributed by atoms with E-state index in [0.717, 1.165) is 0 Å². The van der Waals surface area contributed by atoms with Crippen LogP contribution in [0, 0.1) is 0 Å². The highest BCUT2D eigenvalue weighted by Crippen LogP contribution is 2.08. The van der Waals surface area contributed by atoms with Gasteiger partial charge in [0.25, 0.3) is 0 Å². The highest BCUT2D eigenvalue weighted by Gasteiger charge is 2.10. The Morgan fingerprint density at radius 3 is 2.11 bits per heavy atom. The molecule has 0 aliphatic carbocycles. The summed E-state index contributed by atoms with van der Waals surface area (Å²) in [7, 11) is 0. The largest absolute Gasteiger partial charge is 0.462 e. The van der Waals surface area contributed by atoms with Gasteiger partial charge >= 0.3 is 11.9 Å². The van der Waals surface area contributed by atoms with Gasteiger partial charge in [0.1, 0.15) is 6.61 Å². The summed E-state index contributed by atoms with van der Waals surface area (Å²) in [5.41, 5.74) is 0.785. The number of rotatable bonds is 7. The van der Waals surface area contributed by atoms with Crippen LogP contribution in [0.4, 0.5) is 0 Å². The van der Waals surface area contributed by atoms with Crippen LogP contribution in [-0.2, 0) is 9.47 Å². The molecule has 0 fully saturated rings. The summed E-state index contributed by atoms with van der Waals surface area (Å²) in [4.78, 5) is 23.1. The Kier molecular flexibility index (Phi) is 6.74. The average Bonchev–Trinajstić information content (AvgIpc) is 2.45. The maximum Gasteiger partial charge on any atom is 0.338 e. The summed E-state index contributed by atoms with van der Waals surface area (Å²) in [5, 5.41) is 0. The number of ether oxygens (including phenoxy) is 2. The van der Waals surface area contributed by atoms with Gasteiger partial charge in [0.05, 0.1) is 17.7 Å². The minimum absolute atomic E-state index is 0.159. The molecule has 0 heterocycles. The van der Waals surface area contributed by atoms with Crippen molar-refractivity contribution in [1.82, 2.24) is 0 Å². The molecule has 0 bridgehead atoms. The van der Waals surface area contributed by atoms with E-state index in [4.69, 9.17) is 9.47 Å². The summed E-state index contributed by atoms with van der Waals surface area (Å²) in [5.74, 6) is -0.191. The van der Waals surface area contributed by atoms with Crippen molar-refractivity contribution in [3.8, 4) is 0 Å². The van der Waals surface area contributed by atoms with Crippen molar-refractivity contribution >= 4 is 24.6 Å². The second kappa shape index (κ2) is 8.37. The quantitative estimate of drug-likeness (QED) is 0.361. The van der Waals surface area contributed by atoms with E-state index < -0.39 is 11.9 Å². The van der Waals surface area contributed by atoms with Gasteiger partial charge in [-0.15, -0.1) is 0 Å². The first kappa shape index (κ1) is 15.3. The molecule has 0 aliphatic heterocycles. The Morgan fingerprint density at radius 1 is 1.11 bits per heavy atom. The molecule has 0 aliphatic rings. The first-order chi connectivity index (χ1) is 9.19. The van der Waals surface area contributed by atoms with E-state index in [2.05, 4.69) is 19.2 Å². The van der Waals surface area contributed by atoms with Crippen molar-refractivity contribution in [3.05, 3.63) is 48.0 Å². The third-order valence-electron chi connectivity index (χ3n) is 2.22. The van der Waals surface area contributed by atoms with Gasteiger partial charge in [-0.1, -0.05) is 12.7 Å². The monoisotopic (exact) mass is 280 g/mol. The molecule has 102 valence electrons. The van der Waals surface area contributed by atoms with Crippen LogP contribution in [0.2, 0.25) is 0 Å². The molecule has 0 saturated heterocycles. The molecular formula is C14H16O4S. The molecule has 0 N–H and O–H groups in total. The summed E-state index contributed by atoms with van der Waals surface area (Å²) in [6.45, 7) is 3.95. The topological polar surface area (TPSA) is 52.6 Å². The number of carbonyl (C=O) groups excluding carboxylic acids is 2. The van der Waals surface area contributed by atoms with Crippen LogP contribution in [0.25, 0.3) is 0 Å². The molecule has 1 rings (SSSR count). The highest BCUT2D eigenvalue weighted by atomic mass is 32.1. The van der Waals surface area contributed by atoms with Crippen molar-refractivity contribution < 1.29 is 19.1 Å². The predicted molar refractivity (Wildman–Crippen MR) is 75.7 cm³/mol. The van der Waals surface area contributed by atoms with Crippen molar-refractivity contribution in [2.24, 2.45) is 0 Å². The normalized spacial score (nSPS) is 9.74. The maximum absolute atomic E-state index is 11.6. The lowest BCUT2D eigenvalue weighted by Gasteiger charge is -2.05. The van der Waals surface area contributed by atoms with Crippen molar-refractivity contribution in [2.75, 3.05) is 19.0 Å². The first-order valence-corrected chi connectivity index (χ1v) is 6.48. The summed E-state index contributed by atoms with van der Waals surface area (Å²) < 4.78 is 9.89. The number of hydrogen-bond donors (Lipinski definition) is 1. The van der Waals surface area contributed by atoms with E-state index in [-0.39, 0.29) is 6.61 Å². The molecule has 19 heavy (non-hydrogen) atoms. The fourth-order valence-electron chi connectivity index (χ4n) is 1.27. The van der Waals surface area contributed by atoms with Crippen LogP contribution in [0.5, 0.6) is 0 Å². The summed E-state index contributed by atoms with van der Waals surface area (Å²) in [6.07, 6.45) is 2.20. The zero-order valence-corrected chi connectivity index (χ0v) is 11.4. The van der Waals surface area contributed by atoms with Gasteiger partial charge in [0, 0.05) is 0 Å². The molecule has 0 amide bonds. The van der Waals surface area contributed by atoms with Gasteiger partial charge in [-0.25, -0.2) is 9.59 Å². The standard InChI is InChI=1S/C14H16O4S/c1-2-8-17-13(15)11-4-6-12(7-5-11)14(16)18-9-3-10-19/h2,4-7,19H,1,3,8-10H2. The third-order valence-corrected chi connectivity index (χ3v) is 2.54. The molecule has 0 aromatic heterocycles. The van der Waals surface area contributed by atoms with Gasteiger partial charge in [0.15, 0.2) is 0 Å². The van der Waals surface area contributed by atoms with Gasteiger partial charge in [-0.3, -0.25) is 0 Å². The zero-order chi connectivity index (χ0) is 14.1. The molecule has 0 saturated carbocycles. The zero-order valence-electron chi connectivity index (χ0n) is 10.5. The maximum atomic E-state index is 11.6. The fourth-order valence-corrected chi connectivity index (χ4v) is 1.40. The molecule has 0 unspecified atom stereocenters.